The summed E-state index contributed by atoms with van der Waals surface area (Å²) in [7, 11) is 3.71. The number of aromatic nitrogens is 3. The Bertz CT molecular complexity index is 1590. The zero-order chi connectivity index (χ0) is 26.1. The van der Waals surface area contributed by atoms with Crippen LogP contribution in [0.15, 0.2) is 67.0 Å². The van der Waals surface area contributed by atoms with Gasteiger partial charge in [-0.25, -0.2) is 9.97 Å². The number of amides is 1. The van der Waals surface area contributed by atoms with Gasteiger partial charge in [0.2, 0.25) is 5.91 Å². The molecule has 37 heavy (non-hydrogen) atoms. The number of pyridine rings is 2. The van der Waals surface area contributed by atoms with Crippen molar-refractivity contribution in [1.82, 2.24) is 19.7 Å². The molecule has 0 saturated carbocycles. The van der Waals surface area contributed by atoms with Crippen molar-refractivity contribution in [2.75, 3.05) is 30.9 Å². The highest BCUT2D eigenvalue weighted by atomic mass is 16.5. The number of fused-ring (bicyclic) bond motifs is 2. The van der Waals surface area contributed by atoms with E-state index in [-0.39, 0.29) is 11.9 Å². The fourth-order valence-corrected chi connectivity index (χ4v) is 4.16. The summed E-state index contributed by atoms with van der Waals surface area (Å²) in [5.74, 6) is 7.49. The van der Waals surface area contributed by atoms with Crippen molar-refractivity contribution < 1.29 is 9.53 Å². The summed E-state index contributed by atoms with van der Waals surface area (Å²) in [5, 5.41) is 5.81. The highest BCUT2D eigenvalue weighted by molar-refractivity contribution is 5.94. The number of ether oxygens (including phenoxy) is 1. The molecule has 3 aromatic heterocycles. The SMILES string of the molecule is C=C1COc2cc(C#Cc3nc(NC(=O)C(C)NC)ccc3-c3c(C)nc4ccccn34)ccc2N1C. The van der Waals surface area contributed by atoms with E-state index in [1.54, 1.807) is 20.0 Å². The molecule has 1 unspecified atom stereocenters. The molecule has 4 heterocycles. The summed E-state index contributed by atoms with van der Waals surface area (Å²) in [6.45, 7) is 8.22. The third-order valence-corrected chi connectivity index (χ3v) is 6.45. The van der Waals surface area contributed by atoms with Crippen LogP contribution in [0.2, 0.25) is 0 Å². The number of benzene rings is 1. The molecular weight excluding hydrogens is 464 g/mol. The Labute approximate surface area is 216 Å². The number of hydrogen-bond donors (Lipinski definition) is 2. The van der Waals surface area contributed by atoms with Crippen LogP contribution in [0.25, 0.3) is 16.9 Å². The third kappa shape index (κ3) is 4.65. The molecule has 1 aliphatic rings. The first-order chi connectivity index (χ1) is 17.9. The molecule has 8 nitrogen and oxygen atoms in total. The van der Waals surface area contributed by atoms with Gasteiger partial charge in [-0.1, -0.05) is 18.6 Å². The van der Waals surface area contributed by atoms with E-state index >= 15 is 0 Å². The molecule has 1 amide bonds. The number of hydrogen-bond acceptors (Lipinski definition) is 6. The average Bonchev–Trinajstić information content (AvgIpc) is 3.24. The number of carbonyl (C=O) groups excluding carboxylic acids is 1. The number of carbonyl (C=O) groups is 1. The van der Waals surface area contributed by atoms with Gasteiger partial charge < -0.3 is 20.3 Å². The Hall–Kier alpha value is -4.61. The van der Waals surface area contributed by atoms with Crippen LogP contribution >= 0.6 is 0 Å². The first-order valence-electron chi connectivity index (χ1n) is 12.0. The van der Waals surface area contributed by atoms with Crippen molar-refractivity contribution in [1.29, 1.82) is 0 Å². The summed E-state index contributed by atoms with van der Waals surface area (Å²) < 4.78 is 7.87. The molecule has 8 heteroatoms. The van der Waals surface area contributed by atoms with Gasteiger partial charge in [-0.15, -0.1) is 0 Å². The lowest BCUT2D eigenvalue weighted by atomic mass is 10.1. The van der Waals surface area contributed by atoms with Crippen molar-refractivity contribution >= 4 is 23.1 Å². The molecule has 186 valence electrons. The highest BCUT2D eigenvalue weighted by Gasteiger charge is 2.19. The maximum Gasteiger partial charge on any atom is 0.242 e. The van der Waals surface area contributed by atoms with Gasteiger partial charge in [0.1, 0.15) is 29.5 Å². The number of likely N-dealkylation sites (N-methyl/N-ethyl adjacent to an activating group) is 2. The molecule has 2 N–H and O–H groups in total. The molecule has 0 aliphatic carbocycles. The second-order valence-corrected chi connectivity index (χ2v) is 8.91. The lowest BCUT2D eigenvalue weighted by molar-refractivity contribution is -0.117. The summed E-state index contributed by atoms with van der Waals surface area (Å²) in [6, 6.07) is 15.1. The van der Waals surface area contributed by atoms with Crippen LogP contribution in [0, 0.1) is 18.8 Å². The van der Waals surface area contributed by atoms with E-state index in [0.717, 1.165) is 45.3 Å². The fraction of sp³-hybridized carbons (Fsp3) is 0.207. The van der Waals surface area contributed by atoms with E-state index in [1.165, 1.54) is 0 Å². The largest absolute Gasteiger partial charge is 0.485 e. The van der Waals surface area contributed by atoms with Gasteiger partial charge in [0.15, 0.2) is 0 Å². The standard InChI is InChI=1S/C29H28N6O2/c1-18-17-37-25-16-21(10-13-24(25)34(18)5)9-12-23-22(11-14-26(32-23)33-29(36)20(3)30-4)28-19(2)31-27-8-6-7-15-35(27)28/h6-8,10-11,13-16,20,30H,1,17H2,2-5H3,(H,32,33,36). The second-order valence-electron chi connectivity index (χ2n) is 8.91. The topological polar surface area (TPSA) is 83.8 Å². The van der Waals surface area contributed by atoms with Crippen LogP contribution in [0.5, 0.6) is 5.75 Å². The first-order valence-corrected chi connectivity index (χ1v) is 12.0. The first kappa shape index (κ1) is 24.1. The average molecular weight is 493 g/mol. The summed E-state index contributed by atoms with van der Waals surface area (Å²) in [5.41, 5.74) is 6.61. The van der Waals surface area contributed by atoms with Gasteiger partial charge >= 0.3 is 0 Å². The zero-order valence-corrected chi connectivity index (χ0v) is 21.3. The van der Waals surface area contributed by atoms with Crippen LogP contribution in [-0.2, 0) is 4.79 Å². The zero-order valence-electron chi connectivity index (χ0n) is 21.3. The van der Waals surface area contributed by atoms with E-state index in [1.807, 2.05) is 71.9 Å². The number of nitrogens with zero attached hydrogens (tertiary/aromatic N) is 4. The molecule has 1 aromatic carbocycles. The number of rotatable bonds is 4. The Balaban J connectivity index is 1.59. The van der Waals surface area contributed by atoms with Crippen molar-refractivity contribution in [3.63, 3.8) is 0 Å². The molecule has 0 bridgehead atoms. The lowest BCUT2D eigenvalue weighted by Crippen LogP contribution is -2.35. The summed E-state index contributed by atoms with van der Waals surface area (Å²) in [4.78, 5) is 23.9. The van der Waals surface area contributed by atoms with Crippen LogP contribution < -0.4 is 20.3 Å². The van der Waals surface area contributed by atoms with Gasteiger partial charge in [0.05, 0.1) is 23.1 Å². The fourth-order valence-electron chi connectivity index (χ4n) is 4.16. The lowest BCUT2D eigenvalue weighted by Gasteiger charge is -2.29. The Kier molecular flexibility index (Phi) is 6.38. The number of anilines is 2. The van der Waals surface area contributed by atoms with Crippen molar-refractivity contribution in [2.24, 2.45) is 0 Å². The van der Waals surface area contributed by atoms with Gasteiger partial charge in [-0.3, -0.25) is 9.20 Å². The minimum Gasteiger partial charge on any atom is -0.485 e. The maximum atomic E-state index is 12.5. The van der Waals surface area contributed by atoms with E-state index in [0.29, 0.717) is 18.1 Å². The molecule has 0 saturated heterocycles. The number of imidazole rings is 1. The highest BCUT2D eigenvalue weighted by Crippen LogP contribution is 2.34. The molecule has 0 fully saturated rings. The van der Waals surface area contributed by atoms with Gasteiger partial charge in [0.25, 0.3) is 0 Å². The molecule has 0 spiro atoms. The van der Waals surface area contributed by atoms with Gasteiger partial charge in [-0.2, -0.15) is 0 Å². The predicted molar refractivity (Wildman–Crippen MR) is 146 cm³/mol. The second kappa shape index (κ2) is 9.80. The molecule has 1 aliphatic heterocycles. The summed E-state index contributed by atoms with van der Waals surface area (Å²) in [6.07, 6.45) is 1.97. The third-order valence-electron chi connectivity index (χ3n) is 6.45. The molecule has 0 radical (unpaired) electrons. The number of aryl methyl sites for hydroxylation is 1. The van der Waals surface area contributed by atoms with Crippen LogP contribution in [0.3, 0.4) is 0 Å². The molecular formula is C29H28N6O2. The van der Waals surface area contributed by atoms with Crippen molar-refractivity contribution in [3.8, 4) is 28.8 Å². The van der Waals surface area contributed by atoms with Crippen molar-refractivity contribution in [2.45, 2.75) is 19.9 Å². The monoisotopic (exact) mass is 492 g/mol. The summed E-state index contributed by atoms with van der Waals surface area (Å²) >= 11 is 0. The van der Waals surface area contributed by atoms with Gasteiger partial charge in [0, 0.05) is 30.1 Å². The maximum absolute atomic E-state index is 12.5. The minimum atomic E-state index is -0.360. The Morgan fingerprint density at radius 1 is 1.16 bits per heavy atom. The normalized spacial score (nSPS) is 13.4. The van der Waals surface area contributed by atoms with E-state index in [4.69, 9.17) is 14.7 Å². The van der Waals surface area contributed by atoms with Crippen molar-refractivity contribution in [3.05, 3.63) is 84.0 Å². The van der Waals surface area contributed by atoms with Crippen LogP contribution in [0.4, 0.5) is 11.5 Å². The quantitative estimate of drug-likeness (QED) is 0.419. The minimum absolute atomic E-state index is 0.176. The Morgan fingerprint density at radius 3 is 2.81 bits per heavy atom. The van der Waals surface area contributed by atoms with Gasteiger partial charge in [-0.05, 0) is 69.3 Å². The van der Waals surface area contributed by atoms with Crippen LogP contribution in [0.1, 0.15) is 23.9 Å². The van der Waals surface area contributed by atoms with E-state index in [9.17, 15) is 4.79 Å². The molecule has 1 atom stereocenters. The Morgan fingerprint density at radius 2 is 2.00 bits per heavy atom. The smallest absolute Gasteiger partial charge is 0.242 e. The molecule has 5 rings (SSSR count). The number of nitrogens with one attached hydrogen (secondary N) is 2. The van der Waals surface area contributed by atoms with Crippen LogP contribution in [-0.4, -0.2) is 47.0 Å². The van der Waals surface area contributed by atoms with E-state index in [2.05, 4.69) is 29.1 Å². The molecule has 4 aromatic rings. The predicted octanol–water partition coefficient (Wildman–Crippen LogP) is 3.99. The van der Waals surface area contributed by atoms with E-state index < -0.39 is 0 Å².